The lowest BCUT2D eigenvalue weighted by molar-refractivity contribution is 0.369. The number of hydrogen-bond acceptors (Lipinski definition) is 3. The highest BCUT2D eigenvalue weighted by molar-refractivity contribution is 5.09. The van der Waals surface area contributed by atoms with Gasteiger partial charge in [-0.25, -0.2) is 0 Å². The van der Waals surface area contributed by atoms with Gasteiger partial charge in [-0.2, -0.15) is 0 Å². The summed E-state index contributed by atoms with van der Waals surface area (Å²) in [5.74, 6) is 0. The Balaban J connectivity index is 1.67. The van der Waals surface area contributed by atoms with Gasteiger partial charge in [0.2, 0.25) is 0 Å². The summed E-state index contributed by atoms with van der Waals surface area (Å²) in [6.07, 6.45) is 4.79. The minimum atomic E-state index is 0.696. The summed E-state index contributed by atoms with van der Waals surface area (Å²) < 4.78 is 0. The highest BCUT2D eigenvalue weighted by atomic mass is 15.1. The average molecular weight is 177 g/mol. The zero-order valence-corrected chi connectivity index (χ0v) is 7.66. The second kappa shape index (κ2) is 4.35. The van der Waals surface area contributed by atoms with Crippen molar-refractivity contribution in [2.75, 3.05) is 19.6 Å². The third-order valence-electron chi connectivity index (χ3n) is 2.38. The molecule has 0 bridgehead atoms. The third-order valence-corrected chi connectivity index (χ3v) is 2.38. The van der Waals surface area contributed by atoms with Gasteiger partial charge in [0.25, 0.3) is 0 Å². The molecule has 1 saturated heterocycles. The molecule has 70 valence electrons. The summed E-state index contributed by atoms with van der Waals surface area (Å²) in [7, 11) is 0. The van der Waals surface area contributed by atoms with E-state index in [-0.39, 0.29) is 0 Å². The summed E-state index contributed by atoms with van der Waals surface area (Å²) in [6.45, 7) is 3.31. The van der Waals surface area contributed by atoms with Crippen molar-refractivity contribution in [3.63, 3.8) is 0 Å². The van der Waals surface area contributed by atoms with E-state index in [1.165, 1.54) is 5.56 Å². The molecule has 0 aliphatic carbocycles. The van der Waals surface area contributed by atoms with Crippen LogP contribution in [0.15, 0.2) is 24.5 Å². The molecule has 2 rings (SSSR count). The molecule has 0 amide bonds. The quantitative estimate of drug-likeness (QED) is 0.689. The average Bonchev–Trinajstić information content (AvgIpc) is 2.11. The van der Waals surface area contributed by atoms with E-state index in [1.54, 1.807) is 0 Å². The lowest BCUT2D eigenvalue weighted by Crippen LogP contribution is -2.55. The molecule has 1 fully saturated rings. The topological polar surface area (TPSA) is 37.0 Å². The summed E-state index contributed by atoms with van der Waals surface area (Å²) in [4.78, 5) is 3.99. The van der Waals surface area contributed by atoms with Gasteiger partial charge in [0, 0.05) is 31.5 Å². The van der Waals surface area contributed by atoms with Crippen LogP contribution in [0.2, 0.25) is 0 Å². The van der Waals surface area contributed by atoms with Crippen LogP contribution in [0.1, 0.15) is 5.56 Å². The smallest absolute Gasteiger partial charge is 0.0317 e. The number of rotatable bonds is 4. The third kappa shape index (κ3) is 2.50. The van der Waals surface area contributed by atoms with Crippen LogP contribution in [0.4, 0.5) is 0 Å². The maximum atomic E-state index is 3.99. The SMILES string of the molecule is c1cc(CCNC2CNC2)ccn1. The zero-order chi connectivity index (χ0) is 8.93. The molecular formula is C10H15N3. The highest BCUT2D eigenvalue weighted by Crippen LogP contribution is 1.97. The Morgan fingerprint density at radius 3 is 2.77 bits per heavy atom. The van der Waals surface area contributed by atoms with Gasteiger partial charge >= 0.3 is 0 Å². The highest BCUT2D eigenvalue weighted by Gasteiger charge is 2.14. The van der Waals surface area contributed by atoms with Crippen LogP contribution in [0.5, 0.6) is 0 Å². The van der Waals surface area contributed by atoms with Crippen molar-refractivity contribution in [1.82, 2.24) is 15.6 Å². The first-order chi connectivity index (χ1) is 6.45. The van der Waals surface area contributed by atoms with E-state index in [2.05, 4.69) is 27.8 Å². The fourth-order valence-electron chi connectivity index (χ4n) is 1.40. The van der Waals surface area contributed by atoms with Crippen molar-refractivity contribution in [2.45, 2.75) is 12.5 Å². The van der Waals surface area contributed by atoms with E-state index in [1.807, 2.05) is 12.4 Å². The fourth-order valence-corrected chi connectivity index (χ4v) is 1.40. The minimum absolute atomic E-state index is 0.696. The molecule has 1 aliphatic rings. The van der Waals surface area contributed by atoms with Gasteiger partial charge in [-0.15, -0.1) is 0 Å². The van der Waals surface area contributed by atoms with Crippen LogP contribution >= 0.6 is 0 Å². The minimum Gasteiger partial charge on any atom is -0.314 e. The number of hydrogen-bond donors (Lipinski definition) is 2. The molecule has 0 radical (unpaired) electrons. The van der Waals surface area contributed by atoms with Crippen molar-refractivity contribution in [3.8, 4) is 0 Å². The van der Waals surface area contributed by atoms with Gasteiger partial charge in [0.15, 0.2) is 0 Å². The van der Waals surface area contributed by atoms with Crippen LogP contribution in [-0.4, -0.2) is 30.7 Å². The van der Waals surface area contributed by atoms with E-state index in [0.717, 1.165) is 26.1 Å². The maximum absolute atomic E-state index is 3.99. The number of pyridine rings is 1. The Labute approximate surface area is 78.6 Å². The summed E-state index contributed by atoms with van der Waals surface area (Å²) >= 11 is 0. The Bertz CT molecular complexity index is 244. The van der Waals surface area contributed by atoms with Gasteiger partial charge in [0.1, 0.15) is 0 Å². The summed E-state index contributed by atoms with van der Waals surface area (Å²) in [5, 5.41) is 6.72. The molecular weight excluding hydrogens is 162 g/mol. The van der Waals surface area contributed by atoms with Crippen LogP contribution in [0.3, 0.4) is 0 Å². The predicted molar refractivity (Wildman–Crippen MR) is 52.6 cm³/mol. The van der Waals surface area contributed by atoms with Gasteiger partial charge in [-0.05, 0) is 30.7 Å². The van der Waals surface area contributed by atoms with Crippen molar-refractivity contribution in [3.05, 3.63) is 30.1 Å². The first kappa shape index (κ1) is 8.66. The first-order valence-corrected chi connectivity index (χ1v) is 4.78. The normalized spacial score (nSPS) is 16.9. The fraction of sp³-hybridized carbons (Fsp3) is 0.500. The van der Waals surface area contributed by atoms with E-state index < -0.39 is 0 Å². The molecule has 0 aromatic carbocycles. The van der Waals surface area contributed by atoms with Gasteiger partial charge in [0.05, 0.1) is 0 Å². The molecule has 2 heterocycles. The monoisotopic (exact) mass is 177 g/mol. The van der Waals surface area contributed by atoms with Crippen LogP contribution in [0.25, 0.3) is 0 Å². The first-order valence-electron chi connectivity index (χ1n) is 4.78. The van der Waals surface area contributed by atoms with Crippen LogP contribution in [0, 0.1) is 0 Å². The Morgan fingerprint density at radius 2 is 2.15 bits per heavy atom. The number of aromatic nitrogens is 1. The van der Waals surface area contributed by atoms with Gasteiger partial charge in [-0.1, -0.05) is 0 Å². The van der Waals surface area contributed by atoms with Crippen molar-refractivity contribution < 1.29 is 0 Å². The Kier molecular flexibility index (Phi) is 2.90. The molecule has 2 N–H and O–H groups in total. The molecule has 1 aromatic heterocycles. The molecule has 0 spiro atoms. The van der Waals surface area contributed by atoms with Crippen molar-refractivity contribution >= 4 is 0 Å². The van der Waals surface area contributed by atoms with Crippen LogP contribution in [-0.2, 0) is 6.42 Å². The van der Waals surface area contributed by atoms with Crippen molar-refractivity contribution in [1.29, 1.82) is 0 Å². The number of nitrogens with zero attached hydrogens (tertiary/aromatic N) is 1. The van der Waals surface area contributed by atoms with Gasteiger partial charge in [-0.3, -0.25) is 4.98 Å². The summed E-state index contributed by atoms with van der Waals surface area (Å²) in [5.41, 5.74) is 1.36. The standard InChI is InChI=1S/C10H15N3/c1-4-11-5-2-9(1)3-6-13-10-7-12-8-10/h1-2,4-5,10,12-13H,3,6-8H2. The lowest BCUT2D eigenvalue weighted by Gasteiger charge is -2.28. The molecule has 3 nitrogen and oxygen atoms in total. The zero-order valence-electron chi connectivity index (χ0n) is 7.66. The molecule has 13 heavy (non-hydrogen) atoms. The second-order valence-corrected chi connectivity index (χ2v) is 3.41. The maximum Gasteiger partial charge on any atom is 0.0317 e. The molecule has 0 atom stereocenters. The number of nitrogens with one attached hydrogen (secondary N) is 2. The molecule has 3 heteroatoms. The largest absolute Gasteiger partial charge is 0.314 e. The second-order valence-electron chi connectivity index (χ2n) is 3.41. The van der Waals surface area contributed by atoms with Gasteiger partial charge < -0.3 is 10.6 Å². The molecule has 1 aliphatic heterocycles. The Morgan fingerprint density at radius 1 is 1.38 bits per heavy atom. The Hall–Kier alpha value is -0.930. The van der Waals surface area contributed by atoms with E-state index in [0.29, 0.717) is 6.04 Å². The predicted octanol–water partition coefficient (Wildman–Crippen LogP) is 0.185. The molecule has 0 saturated carbocycles. The van der Waals surface area contributed by atoms with E-state index >= 15 is 0 Å². The van der Waals surface area contributed by atoms with Crippen molar-refractivity contribution in [2.24, 2.45) is 0 Å². The summed E-state index contributed by atoms with van der Waals surface area (Å²) in [6, 6.07) is 4.84. The molecule has 1 aromatic rings. The van der Waals surface area contributed by atoms with E-state index in [4.69, 9.17) is 0 Å². The van der Waals surface area contributed by atoms with E-state index in [9.17, 15) is 0 Å². The lowest BCUT2D eigenvalue weighted by atomic mass is 10.1. The molecule has 0 unspecified atom stereocenters. The van der Waals surface area contributed by atoms with Crippen LogP contribution < -0.4 is 10.6 Å².